The van der Waals surface area contributed by atoms with Crippen molar-refractivity contribution in [1.29, 1.82) is 0 Å². The van der Waals surface area contributed by atoms with Crippen molar-refractivity contribution in [3.63, 3.8) is 0 Å². The maximum Gasteiger partial charge on any atom is 0.223 e. The van der Waals surface area contributed by atoms with Crippen molar-refractivity contribution in [3.8, 4) is 0 Å². The van der Waals surface area contributed by atoms with Gasteiger partial charge >= 0.3 is 0 Å². The lowest BCUT2D eigenvalue weighted by Gasteiger charge is -2.24. The van der Waals surface area contributed by atoms with Gasteiger partial charge in [-0.05, 0) is 58.2 Å². The standard InChI is InChI=1S/C22H32N4O/c1-16-7-9-19(10-8-16)15-26-18(3)21(17(2)24-26)11-12-22(27)25-13-5-6-20(25)14-23-4/h7-10,20,23H,5-6,11-15H2,1-4H3/t20-/m1/s1. The van der Waals surface area contributed by atoms with Crippen molar-refractivity contribution >= 4 is 5.91 Å². The summed E-state index contributed by atoms with van der Waals surface area (Å²) in [6, 6.07) is 8.94. The third-order valence-corrected chi connectivity index (χ3v) is 5.71. The van der Waals surface area contributed by atoms with Crippen LogP contribution >= 0.6 is 0 Å². The summed E-state index contributed by atoms with van der Waals surface area (Å²) in [5, 5.41) is 7.94. The van der Waals surface area contributed by atoms with Gasteiger partial charge in [-0.3, -0.25) is 9.48 Å². The lowest BCUT2D eigenvalue weighted by Crippen LogP contribution is -2.40. The second-order valence-corrected chi connectivity index (χ2v) is 7.73. The Kier molecular flexibility index (Phi) is 6.32. The molecule has 2 aromatic rings. The van der Waals surface area contributed by atoms with Crippen molar-refractivity contribution in [2.45, 2.75) is 59.0 Å². The van der Waals surface area contributed by atoms with Crippen LogP contribution in [0.2, 0.25) is 0 Å². The minimum atomic E-state index is 0.276. The minimum Gasteiger partial charge on any atom is -0.338 e. The second kappa shape index (κ2) is 8.70. The average molecular weight is 369 g/mol. The van der Waals surface area contributed by atoms with Crippen LogP contribution in [0, 0.1) is 20.8 Å². The van der Waals surface area contributed by atoms with Crippen molar-refractivity contribution in [1.82, 2.24) is 20.0 Å². The van der Waals surface area contributed by atoms with Gasteiger partial charge < -0.3 is 10.2 Å². The molecule has 3 rings (SSSR count). The smallest absolute Gasteiger partial charge is 0.223 e. The van der Waals surface area contributed by atoms with Gasteiger partial charge in [-0.15, -0.1) is 0 Å². The first kappa shape index (κ1) is 19.6. The number of likely N-dealkylation sites (tertiary alicyclic amines) is 1. The second-order valence-electron chi connectivity index (χ2n) is 7.73. The Hall–Kier alpha value is -2.14. The zero-order valence-corrected chi connectivity index (χ0v) is 17.1. The van der Waals surface area contributed by atoms with Crippen molar-refractivity contribution in [3.05, 3.63) is 52.3 Å². The monoisotopic (exact) mass is 368 g/mol. The zero-order chi connectivity index (χ0) is 19.4. The van der Waals surface area contributed by atoms with Gasteiger partial charge in [0.2, 0.25) is 5.91 Å². The number of rotatable bonds is 7. The van der Waals surface area contributed by atoms with Crippen LogP contribution < -0.4 is 5.32 Å². The summed E-state index contributed by atoms with van der Waals surface area (Å²) in [5.74, 6) is 0.276. The van der Waals surface area contributed by atoms with Gasteiger partial charge in [-0.2, -0.15) is 5.10 Å². The quantitative estimate of drug-likeness (QED) is 0.817. The molecule has 1 saturated heterocycles. The first-order valence-corrected chi connectivity index (χ1v) is 10.0. The molecule has 1 aliphatic rings. The third-order valence-electron chi connectivity index (χ3n) is 5.71. The number of carbonyl (C=O) groups is 1. The SMILES string of the molecule is CNC[C@H]1CCCN1C(=O)CCc1c(C)nn(Cc2ccc(C)cc2)c1C. The Morgan fingerprint density at radius 2 is 1.96 bits per heavy atom. The Labute approximate surface area is 162 Å². The molecule has 27 heavy (non-hydrogen) atoms. The molecular formula is C22H32N4O. The third kappa shape index (κ3) is 4.59. The molecule has 2 heterocycles. The molecule has 5 heteroatoms. The number of likely N-dealkylation sites (N-methyl/N-ethyl adjacent to an activating group) is 1. The number of aryl methyl sites for hydroxylation is 2. The van der Waals surface area contributed by atoms with Gasteiger partial charge in [-0.1, -0.05) is 29.8 Å². The molecule has 0 spiro atoms. The fourth-order valence-electron chi connectivity index (χ4n) is 4.10. The highest BCUT2D eigenvalue weighted by Gasteiger charge is 2.28. The molecule has 1 aromatic carbocycles. The summed E-state index contributed by atoms with van der Waals surface area (Å²) in [5.41, 5.74) is 5.96. The topological polar surface area (TPSA) is 50.2 Å². The summed E-state index contributed by atoms with van der Waals surface area (Å²) in [7, 11) is 1.95. The number of nitrogens with zero attached hydrogens (tertiary/aromatic N) is 3. The lowest BCUT2D eigenvalue weighted by molar-refractivity contribution is -0.131. The first-order chi connectivity index (χ1) is 13.0. The van der Waals surface area contributed by atoms with E-state index in [1.807, 2.05) is 7.05 Å². The molecule has 0 aliphatic carbocycles. The van der Waals surface area contributed by atoms with E-state index in [-0.39, 0.29) is 5.91 Å². The van der Waals surface area contributed by atoms with Gasteiger partial charge in [0.25, 0.3) is 0 Å². The highest BCUT2D eigenvalue weighted by Crippen LogP contribution is 2.21. The van der Waals surface area contributed by atoms with Crippen LogP contribution in [0.5, 0.6) is 0 Å². The van der Waals surface area contributed by atoms with E-state index in [2.05, 4.69) is 59.9 Å². The maximum atomic E-state index is 12.7. The molecule has 0 radical (unpaired) electrons. The number of benzene rings is 1. The number of amides is 1. The van der Waals surface area contributed by atoms with Gasteiger partial charge in [-0.25, -0.2) is 0 Å². The summed E-state index contributed by atoms with van der Waals surface area (Å²) in [6.07, 6.45) is 3.56. The molecule has 146 valence electrons. The molecule has 1 amide bonds. The van der Waals surface area contributed by atoms with Crippen LogP contribution in [-0.4, -0.2) is 46.8 Å². The van der Waals surface area contributed by atoms with E-state index in [9.17, 15) is 4.79 Å². The molecule has 1 fully saturated rings. The van der Waals surface area contributed by atoms with Crippen LogP contribution in [0.25, 0.3) is 0 Å². The summed E-state index contributed by atoms with van der Waals surface area (Å²) in [6.45, 7) is 8.83. The molecule has 1 atom stereocenters. The van der Waals surface area contributed by atoms with Crippen molar-refractivity contribution < 1.29 is 4.79 Å². The van der Waals surface area contributed by atoms with E-state index in [4.69, 9.17) is 5.10 Å². The molecular weight excluding hydrogens is 336 g/mol. The Balaban J connectivity index is 1.64. The minimum absolute atomic E-state index is 0.276. The summed E-state index contributed by atoms with van der Waals surface area (Å²) < 4.78 is 2.07. The highest BCUT2D eigenvalue weighted by atomic mass is 16.2. The van der Waals surface area contributed by atoms with Gasteiger partial charge in [0.15, 0.2) is 0 Å². The first-order valence-electron chi connectivity index (χ1n) is 10.0. The van der Waals surface area contributed by atoms with E-state index in [1.165, 1.54) is 22.4 Å². The van der Waals surface area contributed by atoms with Crippen LogP contribution in [0.4, 0.5) is 0 Å². The molecule has 0 bridgehead atoms. The summed E-state index contributed by atoms with van der Waals surface area (Å²) >= 11 is 0. The molecule has 1 N–H and O–H groups in total. The molecule has 5 nitrogen and oxygen atoms in total. The Morgan fingerprint density at radius 1 is 1.22 bits per heavy atom. The van der Waals surface area contributed by atoms with Crippen LogP contribution in [0.15, 0.2) is 24.3 Å². The Bertz CT molecular complexity index is 778. The normalized spacial score (nSPS) is 16.9. The average Bonchev–Trinajstić information content (AvgIpc) is 3.21. The summed E-state index contributed by atoms with van der Waals surface area (Å²) in [4.78, 5) is 14.8. The zero-order valence-electron chi connectivity index (χ0n) is 17.1. The van der Waals surface area contributed by atoms with E-state index < -0.39 is 0 Å². The predicted octanol–water partition coefficient (Wildman–Crippen LogP) is 3.00. The van der Waals surface area contributed by atoms with E-state index in [0.29, 0.717) is 12.5 Å². The van der Waals surface area contributed by atoms with Crippen molar-refractivity contribution in [2.75, 3.05) is 20.1 Å². The van der Waals surface area contributed by atoms with Gasteiger partial charge in [0, 0.05) is 31.2 Å². The molecule has 0 saturated carbocycles. The van der Waals surface area contributed by atoms with Crippen LogP contribution in [0.3, 0.4) is 0 Å². The van der Waals surface area contributed by atoms with Crippen molar-refractivity contribution in [2.24, 2.45) is 0 Å². The maximum absolute atomic E-state index is 12.7. The largest absolute Gasteiger partial charge is 0.338 e. The van der Waals surface area contributed by atoms with Gasteiger partial charge in [0.1, 0.15) is 0 Å². The Morgan fingerprint density at radius 3 is 2.67 bits per heavy atom. The fourth-order valence-corrected chi connectivity index (χ4v) is 4.10. The number of hydrogen-bond donors (Lipinski definition) is 1. The van der Waals surface area contributed by atoms with Gasteiger partial charge in [0.05, 0.1) is 12.2 Å². The molecule has 1 aromatic heterocycles. The lowest BCUT2D eigenvalue weighted by atomic mass is 10.1. The van der Waals surface area contributed by atoms with E-state index in [0.717, 1.165) is 44.6 Å². The van der Waals surface area contributed by atoms with Crippen LogP contribution in [0.1, 0.15) is 47.3 Å². The van der Waals surface area contributed by atoms with E-state index in [1.54, 1.807) is 0 Å². The van der Waals surface area contributed by atoms with E-state index >= 15 is 0 Å². The fraction of sp³-hybridized carbons (Fsp3) is 0.545. The number of carbonyl (C=O) groups excluding carboxylic acids is 1. The predicted molar refractivity (Wildman–Crippen MR) is 109 cm³/mol. The number of hydrogen-bond acceptors (Lipinski definition) is 3. The number of nitrogens with one attached hydrogen (secondary N) is 1. The molecule has 1 aliphatic heterocycles. The number of aromatic nitrogens is 2. The van der Waals surface area contributed by atoms with Crippen LogP contribution in [-0.2, 0) is 17.8 Å². The highest BCUT2D eigenvalue weighted by molar-refractivity contribution is 5.77. The molecule has 0 unspecified atom stereocenters.